The van der Waals surface area contributed by atoms with Crippen LogP contribution < -0.4 is 5.69 Å². The molecular formula is C14H16N2O. The molecule has 0 N–H and O–H groups in total. The van der Waals surface area contributed by atoms with Crippen molar-refractivity contribution in [2.24, 2.45) is 0 Å². The standard InChI is InChI=1S/C14H16N2O/c1-2-15-11-12-16(14(15)17)10-6-9-13-7-4-3-5-8-13/h3-9,11-12H,2,10H2,1H3/b9-6+. The predicted molar refractivity (Wildman–Crippen MR) is 69.8 cm³/mol. The Kier molecular flexibility index (Phi) is 3.60. The van der Waals surface area contributed by atoms with Gasteiger partial charge in [0, 0.05) is 25.5 Å². The van der Waals surface area contributed by atoms with Crippen molar-refractivity contribution in [2.75, 3.05) is 0 Å². The molecule has 0 amide bonds. The lowest BCUT2D eigenvalue weighted by Gasteiger charge is -1.96. The van der Waals surface area contributed by atoms with E-state index in [0.29, 0.717) is 13.1 Å². The van der Waals surface area contributed by atoms with Gasteiger partial charge in [-0.2, -0.15) is 0 Å². The van der Waals surface area contributed by atoms with Crippen molar-refractivity contribution in [3.8, 4) is 0 Å². The fraction of sp³-hybridized carbons (Fsp3) is 0.214. The largest absolute Gasteiger partial charge is 0.328 e. The predicted octanol–water partition coefficient (Wildman–Crippen LogP) is 2.38. The van der Waals surface area contributed by atoms with Crippen molar-refractivity contribution in [2.45, 2.75) is 20.0 Å². The van der Waals surface area contributed by atoms with Crippen molar-refractivity contribution in [1.82, 2.24) is 9.13 Å². The molecule has 0 unspecified atom stereocenters. The van der Waals surface area contributed by atoms with Gasteiger partial charge in [-0.1, -0.05) is 42.5 Å². The average molecular weight is 228 g/mol. The Morgan fingerprint density at radius 3 is 2.47 bits per heavy atom. The molecule has 88 valence electrons. The highest BCUT2D eigenvalue weighted by Gasteiger charge is 1.98. The van der Waals surface area contributed by atoms with Crippen LogP contribution in [0.2, 0.25) is 0 Å². The average Bonchev–Trinajstić information content (AvgIpc) is 2.72. The van der Waals surface area contributed by atoms with Crippen LogP contribution in [0.4, 0.5) is 0 Å². The number of nitrogens with zero attached hydrogens (tertiary/aromatic N) is 2. The van der Waals surface area contributed by atoms with Gasteiger partial charge in [0.2, 0.25) is 0 Å². The van der Waals surface area contributed by atoms with Gasteiger partial charge in [0.1, 0.15) is 0 Å². The Morgan fingerprint density at radius 1 is 1.12 bits per heavy atom. The summed E-state index contributed by atoms with van der Waals surface area (Å²) >= 11 is 0. The molecule has 2 rings (SSSR count). The Labute approximate surface area is 101 Å². The van der Waals surface area contributed by atoms with Crippen LogP contribution in [0.1, 0.15) is 12.5 Å². The van der Waals surface area contributed by atoms with Gasteiger partial charge >= 0.3 is 5.69 Å². The summed E-state index contributed by atoms with van der Waals surface area (Å²) in [5.74, 6) is 0. The van der Waals surface area contributed by atoms with E-state index in [9.17, 15) is 4.79 Å². The van der Waals surface area contributed by atoms with Gasteiger partial charge in [-0.05, 0) is 12.5 Å². The van der Waals surface area contributed by atoms with Gasteiger partial charge in [-0.15, -0.1) is 0 Å². The normalized spacial score (nSPS) is 11.1. The first-order valence-electron chi connectivity index (χ1n) is 5.78. The maximum Gasteiger partial charge on any atom is 0.328 e. The highest BCUT2D eigenvalue weighted by Crippen LogP contribution is 2.01. The van der Waals surface area contributed by atoms with Gasteiger partial charge in [-0.3, -0.25) is 9.13 Å². The van der Waals surface area contributed by atoms with Gasteiger partial charge in [0.15, 0.2) is 0 Å². The topological polar surface area (TPSA) is 26.9 Å². The molecule has 1 aromatic heterocycles. The van der Waals surface area contributed by atoms with Gasteiger partial charge in [0.05, 0.1) is 0 Å². The van der Waals surface area contributed by atoms with Crippen molar-refractivity contribution < 1.29 is 0 Å². The molecule has 0 radical (unpaired) electrons. The maximum atomic E-state index is 11.7. The first kappa shape index (κ1) is 11.5. The molecule has 3 nitrogen and oxygen atoms in total. The zero-order valence-electron chi connectivity index (χ0n) is 9.91. The minimum atomic E-state index is 0.0465. The van der Waals surface area contributed by atoms with Gasteiger partial charge < -0.3 is 0 Å². The van der Waals surface area contributed by atoms with Crippen LogP contribution in [0.3, 0.4) is 0 Å². The molecule has 0 saturated heterocycles. The summed E-state index contributed by atoms with van der Waals surface area (Å²) in [6, 6.07) is 10.1. The van der Waals surface area contributed by atoms with Crippen LogP contribution in [0.25, 0.3) is 6.08 Å². The van der Waals surface area contributed by atoms with Crippen LogP contribution in [0.5, 0.6) is 0 Å². The molecule has 17 heavy (non-hydrogen) atoms. The molecule has 0 aliphatic carbocycles. The quantitative estimate of drug-likeness (QED) is 0.789. The van der Waals surface area contributed by atoms with Gasteiger partial charge in [0.25, 0.3) is 0 Å². The molecular weight excluding hydrogens is 212 g/mol. The first-order chi connectivity index (χ1) is 8.31. The number of hydrogen-bond acceptors (Lipinski definition) is 1. The summed E-state index contributed by atoms with van der Waals surface area (Å²) in [5.41, 5.74) is 1.20. The lowest BCUT2D eigenvalue weighted by Crippen LogP contribution is -2.22. The molecule has 0 aliphatic rings. The first-order valence-corrected chi connectivity index (χ1v) is 5.78. The van der Waals surface area contributed by atoms with Crippen molar-refractivity contribution in [3.63, 3.8) is 0 Å². The maximum absolute atomic E-state index is 11.7. The number of allylic oxidation sites excluding steroid dienone is 1. The van der Waals surface area contributed by atoms with E-state index in [1.807, 2.05) is 61.8 Å². The Bertz CT molecular complexity index is 549. The summed E-state index contributed by atoms with van der Waals surface area (Å²) < 4.78 is 3.39. The fourth-order valence-electron chi connectivity index (χ4n) is 1.70. The molecule has 0 aliphatic heterocycles. The second kappa shape index (κ2) is 5.34. The highest BCUT2D eigenvalue weighted by atomic mass is 16.1. The van der Waals surface area contributed by atoms with E-state index in [-0.39, 0.29) is 5.69 Å². The zero-order chi connectivity index (χ0) is 12.1. The minimum Gasteiger partial charge on any atom is -0.300 e. The van der Waals surface area contributed by atoms with Crippen LogP contribution in [0.15, 0.2) is 53.6 Å². The van der Waals surface area contributed by atoms with Crippen LogP contribution in [0, 0.1) is 0 Å². The molecule has 3 heteroatoms. The smallest absolute Gasteiger partial charge is 0.300 e. The Hall–Kier alpha value is -2.03. The van der Waals surface area contributed by atoms with E-state index in [2.05, 4.69) is 0 Å². The number of aryl methyl sites for hydroxylation is 1. The second-order valence-electron chi connectivity index (χ2n) is 3.83. The number of aromatic nitrogens is 2. The van der Waals surface area contributed by atoms with Crippen molar-refractivity contribution >= 4 is 6.08 Å². The lowest BCUT2D eigenvalue weighted by atomic mass is 10.2. The Balaban J connectivity index is 2.05. The number of imidazole rings is 1. The van der Waals surface area contributed by atoms with E-state index in [1.54, 1.807) is 9.13 Å². The zero-order valence-corrected chi connectivity index (χ0v) is 9.91. The van der Waals surface area contributed by atoms with E-state index >= 15 is 0 Å². The molecule has 1 aromatic carbocycles. The summed E-state index contributed by atoms with van der Waals surface area (Å²) in [7, 11) is 0. The van der Waals surface area contributed by atoms with E-state index < -0.39 is 0 Å². The number of benzene rings is 1. The molecule has 0 spiro atoms. The molecule has 0 fully saturated rings. The fourth-order valence-corrected chi connectivity index (χ4v) is 1.70. The third kappa shape index (κ3) is 2.75. The number of rotatable bonds is 4. The summed E-state index contributed by atoms with van der Waals surface area (Å²) in [6.07, 6.45) is 7.66. The molecule has 0 saturated carbocycles. The van der Waals surface area contributed by atoms with E-state index in [1.165, 1.54) is 0 Å². The third-order valence-electron chi connectivity index (χ3n) is 2.67. The van der Waals surface area contributed by atoms with Crippen LogP contribution in [-0.2, 0) is 13.1 Å². The lowest BCUT2D eigenvalue weighted by molar-refractivity contribution is 0.675. The van der Waals surface area contributed by atoms with Gasteiger partial charge in [-0.25, -0.2) is 4.79 Å². The van der Waals surface area contributed by atoms with E-state index in [0.717, 1.165) is 5.56 Å². The molecule has 0 bridgehead atoms. The SMILES string of the molecule is CCn1ccn(C/C=C/c2ccccc2)c1=O. The minimum absolute atomic E-state index is 0.0465. The molecule has 1 heterocycles. The molecule has 0 atom stereocenters. The van der Waals surface area contributed by atoms with Crippen molar-refractivity contribution in [3.05, 3.63) is 64.8 Å². The third-order valence-corrected chi connectivity index (χ3v) is 2.67. The van der Waals surface area contributed by atoms with Crippen LogP contribution >= 0.6 is 0 Å². The number of hydrogen-bond donors (Lipinski definition) is 0. The monoisotopic (exact) mass is 228 g/mol. The van der Waals surface area contributed by atoms with Crippen molar-refractivity contribution in [1.29, 1.82) is 0 Å². The summed E-state index contributed by atoms with van der Waals surface area (Å²) in [5, 5.41) is 0. The Morgan fingerprint density at radius 2 is 1.82 bits per heavy atom. The summed E-state index contributed by atoms with van der Waals surface area (Å²) in [4.78, 5) is 11.7. The summed E-state index contributed by atoms with van der Waals surface area (Å²) in [6.45, 7) is 3.29. The molecule has 2 aromatic rings. The highest BCUT2D eigenvalue weighted by molar-refractivity contribution is 5.48. The van der Waals surface area contributed by atoms with E-state index in [4.69, 9.17) is 0 Å². The van der Waals surface area contributed by atoms with Crippen LogP contribution in [-0.4, -0.2) is 9.13 Å². The second-order valence-corrected chi connectivity index (χ2v) is 3.83.